The SMILES string of the molecule is O=C1CCC2CN(C(=O)c3ccoc3Cl)CCC2N1. The molecule has 6 heteroatoms. The summed E-state index contributed by atoms with van der Waals surface area (Å²) in [5.41, 5.74) is 0.417. The first-order valence-corrected chi connectivity index (χ1v) is 6.84. The van der Waals surface area contributed by atoms with Crippen molar-refractivity contribution >= 4 is 23.4 Å². The van der Waals surface area contributed by atoms with Gasteiger partial charge in [0.05, 0.1) is 11.8 Å². The summed E-state index contributed by atoms with van der Waals surface area (Å²) in [6.07, 6.45) is 3.62. The predicted molar refractivity (Wildman–Crippen MR) is 68.9 cm³/mol. The van der Waals surface area contributed by atoms with Gasteiger partial charge in [-0.2, -0.15) is 0 Å². The van der Waals surface area contributed by atoms with Crippen LogP contribution in [0.3, 0.4) is 0 Å². The molecule has 3 heterocycles. The van der Waals surface area contributed by atoms with E-state index in [0.717, 1.165) is 12.8 Å². The molecule has 2 amide bonds. The molecule has 5 nitrogen and oxygen atoms in total. The molecule has 3 rings (SSSR count). The monoisotopic (exact) mass is 282 g/mol. The van der Waals surface area contributed by atoms with Crippen molar-refractivity contribution in [2.75, 3.05) is 13.1 Å². The summed E-state index contributed by atoms with van der Waals surface area (Å²) in [5.74, 6) is 0.383. The number of hydrogen-bond acceptors (Lipinski definition) is 3. The van der Waals surface area contributed by atoms with E-state index in [9.17, 15) is 9.59 Å². The van der Waals surface area contributed by atoms with E-state index in [1.165, 1.54) is 6.26 Å². The number of fused-ring (bicyclic) bond motifs is 1. The van der Waals surface area contributed by atoms with Gasteiger partial charge in [-0.25, -0.2) is 0 Å². The van der Waals surface area contributed by atoms with Gasteiger partial charge in [0.15, 0.2) is 0 Å². The van der Waals surface area contributed by atoms with Crippen LogP contribution in [0.5, 0.6) is 0 Å². The normalized spacial score (nSPS) is 26.8. The highest BCUT2D eigenvalue weighted by Crippen LogP contribution is 2.27. The number of piperidine rings is 2. The van der Waals surface area contributed by atoms with Crippen LogP contribution in [0.4, 0.5) is 0 Å². The molecule has 0 spiro atoms. The van der Waals surface area contributed by atoms with Crippen molar-refractivity contribution in [2.24, 2.45) is 5.92 Å². The zero-order chi connectivity index (χ0) is 13.4. The van der Waals surface area contributed by atoms with Crippen LogP contribution < -0.4 is 5.32 Å². The fourth-order valence-electron chi connectivity index (χ4n) is 2.91. The molecule has 19 heavy (non-hydrogen) atoms. The lowest BCUT2D eigenvalue weighted by Crippen LogP contribution is -2.55. The highest BCUT2D eigenvalue weighted by atomic mass is 35.5. The first-order valence-electron chi connectivity index (χ1n) is 6.47. The van der Waals surface area contributed by atoms with Crippen LogP contribution in [-0.4, -0.2) is 35.8 Å². The fourth-order valence-corrected chi connectivity index (χ4v) is 3.11. The molecule has 0 bridgehead atoms. The second kappa shape index (κ2) is 4.89. The molecule has 2 fully saturated rings. The zero-order valence-corrected chi connectivity index (χ0v) is 11.2. The van der Waals surface area contributed by atoms with Crippen LogP contribution in [-0.2, 0) is 4.79 Å². The summed E-state index contributed by atoms with van der Waals surface area (Å²) in [4.78, 5) is 25.5. The number of rotatable bonds is 1. The second-order valence-corrected chi connectivity index (χ2v) is 5.46. The quantitative estimate of drug-likeness (QED) is 0.852. The zero-order valence-electron chi connectivity index (χ0n) is 10.4. The molecule has 2 aliphatic rings. The van der Waals surface area contributed by atoms with Gasteiger partial charge in [-0.1, -0.05) is 0 Å². The molecule has 1 N–H and O–H groups in total. The van der Waals surface area contributed by atoms with E-state index in [1.54, 1.807) is 11.0 Å². The summed E-state index contributed by atoms with van der Waals surface area (Å²) in [6, 6.07) is 1.81. The van der Waals surface area contributed by atoms with Crippen molar-refractivity contribution in [3.8, 4) is 0 Å². The van der Waals surface area contributed by atoms with Crippen LogP contribution in [0, 0.1) is 5.92 Å². The number of nitrogens with zero attached hydrogens (tertiary/aromatic N) is 1. The van der Waals surface area contributed by atoms with Crippen molar-refractivity contribution in [1.82, 2.24) is 10.2 Å². The minimum Gasteiger partial charge on any atom is -0.452 e. The van der Waals surface area contributed by atoms with Crippen LogP contribution in [0.1, 0.15) is 29.6 Å². The molecule has 102 valence electrons. The van der Waals surface area contributed by atoms with Crippen molar-refractivity contribution < 1.29 is 14.0 Å². The van der Waals surface area contributed by atoms with Crippen LogP contribution in [0.25, 0.3) is 0 Å². The van der Waals surface area contributed by atoms with Crippen molar-refractivity contribution in [2.45, 2.75) is 25.3 Å². The molecule has 0 aromatic carbocycles. The third kappa shape index (κ3) is 2.34. The smallest absolute Gasteiger partial charge is 0.258 e. The summed E-state index contributed by atoms with van der Waals surface area (Å²) >= 11 is 5.84. The lowest BCUT2D eigenvalue weighted by atomic mass is 9.85. The van der Waals surface area contributed by atoms with Crippen molar-refractivity contribution in [3.63, 3.8) is 0 Å². The number of carbonyl (C=O) groups is 2. The Bertz CT molecular complexity index is 514. The molecular weight excluding hydrogens is 268 g/mol. The summed E-state index contributed by atoms with van der Waals surface area (Å²) in [5, 5.41) is 3.15. The molecule has 2 saturated heterocycles. The molecule has 2 unspecified atom stereocenters. The number of halogens is 1. The third-order valence-electron chi connectivity index (χ3n) is 3.96. The fraction of sp³-hybridized carbons (Fsp3) is 0.538. The van der Waals surface area contributed by atoms with E-state index in [0.29, 0.717) is 31.0 Å². The maximum atomic E-state index is 12.3. The van der Waals surface area contributed by atoms with Gasteiger partial charge in [0.1, 0.15) is 0 Å². The average Bonchev–Trinajstić information content (AvgIpc) is 2.83. The predicted octanol–water partition coefficient (Wildman–Crippen LogP) is 1.67. The van der Waals surface area contributed by atoms with Gasteiger partial charge in [0.25, 0.3) is 5.91 Å². The standard InChI is InChI=1S/C13H15ClN2O3/c14-12-9(4-6-19-12)13(18)16-5-3-10-8(7-16)1-2-11(17)15-10/h4,6,8,10H,1-3,5,7H2,(H,15,17). The van der Waals surface area contributed by atoms with Gasteiger partial charge in [0.2, 0.25) is 11.1 Å². The Balaban J connectivity index is 1.70. The Labute approximate surface area is 115 Å². The molecule has 2 atom stereocenters. The Morgan fingerprint density at radius 3 is 3.05 bits per heavy atom. The highest BCUT2D eigenvalue weighted by molar-refractivity contribution is 6.32. The van der Waals surface area contributed by atoms with Crippen molar-refractivity contribution in [3.05, 3.63) is 23.1 Å². The maximum absolute atomic E-state index is 12.3. The van der Waals surface area contributed by atoms with E-state index in [-0.39, 0.29) is 23.1 Å². The minimum absolute atomic E-state index is 0.0888. The number of hydrogen-bond donors (Lipinski definition) is 1. The number of nitrogens with one attached hydrogen (secondary N) is 1. The van der Waals surface area contributed by atoms with Crippen LogP contribution >= 0.6 is 11.6 Å². The summed E-state index contributed by atoms with van der Waals surface area (Å²) < 4.78 is 4.96. The second-order valence-electron chi connectivity index (χ2n) is 5.12. The molecule has 1 aromatic rings. The van der Waals surface area contributed by atoms with Gasteiger partial charge < -0.3 is 14.6 Å². The average molecular weight is 283 g/mol. The Morgan fingerprint density at radius 1 is 1.47 bits per heavy atom. The van der Waals surface area contributed by atoms with Gasteiger partial charge in [-0.05, 0) is 36.4 Å². The third-order valence-corrected chi connectivity index (χ3v) is 4.25. The molecular formula is C13H15ClN2O3. The lowest BCUT2D eigenvalue weighted by molar-refractivity contribution is -0.125. The molecule has 2 aliphatic heterocycles. The van der Waals surface area contributed by atoms with E-state index < -0.39 is 0 Å². The van der Waals surface area contributed by atoms with Gasteiger partial charge in [-0.3, -0.25) is 9.59 Å². The summed E-state index contributed by atoms with van der Waals surface area (Å²) in [6.45, 7) is 1.31. The summed E-state index contributed by atoms with van der Waals surface area (Å²) in [7, 11) is 0. The molecule has 0 saturated carbocycles. The minimum atomic E-state index is -0.0888. The molecule has 0 radical (unpaired) electrons. The molecule has 1 aromatic heterocycles. The number of amides is 2. The Hall–Kier alpha value is -1.49. The van der Waals surface area contributed by atoms with Gasteiger partial charge in [-0.15, -0.1) is 0 Å². The number of carbonyl (C=O) groups excluding carboxylic acids is 2. The largest absolute Gasteiger partial charge is 0.452 e. The molecule has 0 aliphatic carbocycles. The highest BCUT2D eigenvalue weighted by Gasteiger charge is 2.36. The topological polar surface area (TPSA) is 62.6 Å². The lowest BCUT2D eigenvalue weighted by Gasteiger charge is -2.41. The van der Waals surface area contributed by atoms with Crippen LogP contribution in [0.15, 0.2) is 16.7 Å². The van der Waals surface area contributed by atoms with Gasteiger partial charge in [0, 0.05) is 25.6 Å². The Kier molecular flexibility index (Phi) is 3.22. The number of furan rings is 1. The van der Waals surface area contributed by atoms with E-state index in [1.807, 2.05) is 0 Å². The Morgan fingerprint density at radius 2 is 2.32 bits per heavy atom. The van der Waals surface area contributed by atoms with Crippen molar-refractivity contribution in [1.29, 1.82) is 0 Å². The van der Waals surface area contributed by atoms with Gasteiger partial charge >= 0.3 is 0 Å². The first kappa shape index (κ1) is 12.5. The van der Waals surface area contributed by atoms with E-state index >= 15 is 0 Å². The van der Waals surface area contributed by atoms with Crippen LogP contribution in [0.2, 0.25) is 5.22 Å². The van der Waals surface area contributed by atoms with E-state index in [2.05, 4.69) is 5.32 Å². The first-order chi connectivity index (χ1) is 9.15. The maximum Gasteiger partial charge on any atom is 0.258 e. The van der Waals surface area contributed by atoms with E-state index in [4.69, 9.17) is 16.0 Å². The number of likely N-dealkylation sites (tertiary alicyclic amines) is 1.